The summed E-state index contributed by atoms with van der Waals surface area (Å²) >= 11 is 0. The molecule has 0 atom stereocenters. The Bertz CT molecular complexity index is 456. The Hall–Kier alpha value is -2.04. The largest absolute Gasteiger partial charge is 0.507 e. The number of rotatable bonds is 4. The van der Waals surface area contributed by atoms with Crippen LogP contribution in [0.1, 0.15) is 22.8 Å². The van der Waals surface area contributed by atoms with Crippen molar-refractivity contribution < 1.29 is 19.4 Å². The van der Waals surface area contributed by atoms with Crippen molar-refractivity contribution in [2.75, 3.05) is 20.2 Å². The fraction of sp³-hybridized carbons (Fsp3) is 0.385. The average molecular weight is 251 g/mol. The third-order valence-corrected chi connectivity index (χ3v) is 2.40. The first-order chi connectivity index (χ1) is 8.45. The Balaban J connectivity index is 2.77. The van der Waals surface area contributed by atoms with Crippen LogP contribution in [0, 0.1) is 6.92 Å². The monoisotopic (exact) mass is 251 g/mol. The highest BCUT2D eigenvalue weighted by Crippen LogP contribution is 2.19. The van der Waals surface area contributed by atoms with Gasteiger partial charge in [-0.1, -0.05) is 6.07 Å². The second-order valence-electron chi connectivity index (χ2n) is 3.99. The summed E-state index contributed by atoms with van der Waals surface area (Å²) in [6, 6.07) is 4.77. The Kier molecular flexibility index (Phi) is 4.71. The molecule has 1 aromatic carbocycles. The number of esters is 1. The molecular weight excluding hydrogens is 234 g/mol. The van der Waals surface area contributed by atoms with Crippen LogP contribution in [-0.4, -0.2) is 42.1 Å². The summed E-state index contributed by atoms with van der Waals surface area (Å²) in [6.07, 6.45) is 0. The topological polar surface area (TPSA) is 66.8 Å². The number of hydrogen-bond donors (Lipinski definition) is 1. The van der Waals surface area contributed by atoms with Crippen molar-refractivity contribution in [1.82, 2.24) is 4.90 Å². The molecule has 18 heavy (non-hydrogen) atoms. The van der Waals surface area contributed by atoms with Crippen molar-refractivity contribution in [1.29, 1.82) is 0 Å². The van der Waals surface area contributed by atoms with E-state index >= 15 is 0 Å². The van der Waals surface area contributed by atoms with Gasteiger partial charge in [0.2, 0.25) is 0 Å². The van der Waals surface area contributed by atoms with E-state index in [2.05, 4.69) is 0 Å². The molecule has 0 spiro atoms. The number of aryl methyl sites for hydroxylation is 1. The molecule has 0 aliphatic carbocycles. The molecule has 5 heteroatoms. The van der Waals surface area contributed by atoms with E-state index in [1.807, 2.05) is 6.92 Å². The maximum Gasteiger partial charge on any atom is 0.325 e. The number of carbonyl (C=O) groups is 2. The smallest absolute Gasteiger partial charge is 0.325 e. The van der Waals surface area contributed by atoms with E-state index in [4.69, 9.17) is 4.74 Å². The predicted octanol–water partition coefficient (Wildman–Crippen LogP) is 1.34. The second kappa shape index (κ2) is 6.05. The third kappa shape index (κ3) is 3.48. The van der Waals surface area contributed by atoms with Crippen LogP contribution < -0.4 is 0 Å². The van der Waals surface area contributed by atoms with E-state index in [9.17, 15) is 14.7 Å². The van der Waals surface area contributed by atoms with Crippen LogP contribution in [0.15, 0.2) is 18.2 Å². The first-order valence-electron chi connectivity index (χ1n) is 5.66. The number of benzene rings is 1. The molecule has 0 aliphatic rings. The maximum absolute atomic E-state index is 12.0. The van der Waals surface area contributed by atoms with E-state index < -0.39 is 11.9 Å². The Morgan fingerprint density at radius 2 is 2.06 bits per heavy atom. The van der Waals surface area contributed by atoms with Crippen LogP contribution in [0.4, 0.5) is 0 Å². The second-order valence-corrected chi connectivity index (χ2v) is 3.99. The number of hydrogen-bond acceptors (Lipinski definition) is 4. The van der Waals surface area contributed by atoms with Gasteiger partial charge in [0.1, 0.15) is 12.3 Å². The minimum absolute atomic E-state index is 0.0873. The van der Waals surface area contributed by atoms with Crippen molar-refractivity contribution in [2.24, 2.45) is 0 Å². The molecule has 0 saturated carbocycles. The van der Waals surface area contributed by atoms with Crippen molar-refractivity contribution in [2.45, 2.75) is 13.8 Å². The van der Waals surface area contributed by atoms with E-state index in [-0.39, 0.29) is 24.5 Å². The molecule has 1 rings (SSSR count). The highest BCUT2D eigenvalue weighted by Gasteiger charge is 2.18. The lowest BCUT2D eigenvalue weighted by atomic mass is 10.1. The van der Waals surface area contributed by atoms with E-state index in [0.29, 0.717) is 0 Å². The minimum Gasteiger partial charge on any atom is -0.507 e. The lowest BCUT2D eigenvalue weighted by molar-refractivity contribution is -0.143. The van der Waals surface area contributed by atoms with Crippen LogP contribution >= 0.6 is 0 Å². The molecule has 0 fully saturated rings. The zero-order chi connectivity index (χ0) is 13.7. The molecular formula is C13H17NO4. The maximum atomic E-state index is 12.0. The molecule has 1 N–H and O–H groups in total. The van der Waals surface area contributed by atoms with Gasteiger partial charge in [0, 0.05) is 7.05 Å². The number of likely N-dealkylation sites (N-methyl/N-ethyl adjacent to an activating group) is 1. The Morgan fingerprint density at radius 1 is 1.39 bits per heavy atom. The van der Waals surface area contributed by atoms with Crippen molar-refractivity contribution in [3.8, 4) is 5.75 Å². The van der Waals surface area contributed by atoms with Crippen LogP contribution in [0.25, 0.3) is 0 Å². The van der Waals surface area contributed by atoms with Crippen LogP contribution in [0.3, 0.4) is 0 Å². The molecule has 0 aromatic heterocycles. The highest BCUT2D eigenvalue weighted by atomic mass is 16.5. The first kappa shape index (κ1) is 14.0. The quantitative estimate of drug-likeness (QED) is 0.820. The van der Waals surface area contributed by atoms with Gasteiger partial charge in [-0.2, -0.15) is 0 Å². The van der Waals surface area contributed by atoms with Gasteiger partial charge in [0.15, 0.2) is 0 Å². The summed E-state index contributed by atoms with van der Waals surface area (Å²) in [7, 11) is 1.48. The van der Waals surface area contributed by atoms with Gasteiger partial charge >= 0.3 is 5.97 Å². The molecule has 0 bridgehead atoms. The number of phenols is 1. The van der Waals surface area contributed by atoms with Gasteiger partial charge < -0.3 is 14.7 Å². The zero-order valence-electron chi connectivity index (χ0n) is 10.8. The minimum atomic E-state index is -0.472. The first-order valence-corrected chi connectivity index (χ1v) is 5.66. The predicted molar refractivity (Wildman–Crippen MR) is 66.4 cm³/mol. The SMILES string of the molecule is CCOC(=O)CN(C)C(=O)c1ccc(C)cc1O. The van der Waals surface area contributed by atoms with Crippen molar-refractivity contribution in [3.63, 3.8) is 0 Å². The molecule has 5 nitrogen and oxygen atoms in total. The van der Waals surface area contributed by atoms with Gasteiger partial charge in [-0.05, 0) is 31.5 Å². The summed E-state index contributed by atoms with van der Waals surface area (Å²) < 4.78 is 4.75. The van der Waals surface area contributed by atoms with Gasteiger partial charge in [0.25, 0.3) is 5.91 Å². The Morgan fingerprint density at radius 3 is 2.61 bits per heavy atom. The van der Waals surface area contributed by atoms with Crippen LogP contribution in [-0.2, 0) is 9.53 Å². The number of carbonyl (C=O) groups excluding carboxylic acids is 2. The van der Waals surface area contributed by atoms with E-state index in [1.165, 1.54) is 24.1 Å². The van der Waals surface area contributed by atoms with Crippen molar-refractivity contribution >= 4 is 11.9 Å². The summed E-state index contributed by atoms with van der Waals surface area (Å²) in [5.74, 6) is -0.976. The van der Waals surface area contributed by atoms with Gasteiger partial charge in [-0.25, -0.2) is 0 Å². The average Bonchev–Trinajstić information content (AvgIpc) is 2.28. The summed E-state index contributed by atoms with van der Waals surface area (Å²) in [5.41, 5.74) is 1.03. The van der Waals surface area contributed by atoms with E-state index in [0.717, 1.165) is 5.56 Å². The standard InChI is InChI=1S/C13H17NO4/c1-4-18-12(16)8-14(3)13(17)10-6-5-9(2)7-11(10)15/h5-7,15H,4,8H2,1-3H3. The molecule has 0 unspecified atom stereocenters. The molecule has 1 amide bonds. The van der Waals surface area contributed by atoms with Crippen LogP contribution in [0.5, 0.6) is 5.75 Å². The molecule has 98 valence electrons. The number of phenolic OH excluding ortho intramolecular Hbond substituents is 1. The molecule has 0 heterocycles. The number of amides is 1. The van der Waals surface area contributed by atoms with E-state index in [1.54, 1.807) is 13.0 Å². The summed E-state index contributed by atoms with van der Waals surface area (Å²) in [6.45, 7) is 3.65. The van der Waals surface area contributed by atoms with Crippen LogP contribution in [0.2, 0.25) is 0 Å². The molecule has 1 aromatic rings. The highest BCUT2D eigenvalue weighted by molar-refractivity contribution is 5.98. The summed E-state index contributed by atoms with van der Waals surface area (Å²) in [5, 5.41) is 9.68. The number of aromatic hydroxyl groups is 1. The lowest BCUT2D eigenvalue weighted by Crippen LogP contribution is -2.33. The Labute approximate surface area is 106 Å². The number of nitrogens with zero attached hydrogens (tertiary/aromatic N) is 1. The fourth-order valence-corrected chi connectivity index (χ4v) is 1.50. The fourth-order valence-electron chi connectivity index (χ4n) is 1.50. The zero-order valence-corrected chi connectivity index (χ0v) is 10.8. The third-order valence-electron chi connectivity index (χ3n) is 2.40. The molecule has 0 saturated heterocycles. The molecule has 0 aliphatic heterocycles. The van der Waals surface area contributed by atoms with Gasteiger partial charge in [-0.15, -0.1) is 0 Å². The lowest BCUT2D eigenvalue weighted by Gasteiger charge is -2.16. The van der Waals surface area contributed by atoms with Gasteiger partial charge in [-0.3, -0.25) is 9.59 Å². The molecule has 0 radical (unpaired) electrons. The van der Waals surface area contributed by atoms with Crippen molar-refractivity contribution in [3.05, 3.63) is 29.3 Å². The number of ether oxygens (including phenoxy) is 1. The normalized spacial score (nSPS) is 9.94. The summed E-state index contributed by atoms with van der Waals surface area (Å²) in [4.78, 5) is 24.4. The van der Waals surface area contributed by atoms with Gasteiger partial charge in [0.05, 0.1) is 12.2 Å².